The molecular weight excluding hydrogens is 629 g/mol. The quantitative estimate of drug-likeness (QED) is 0.481. The number of pyridine rings is 1. The van der Waals surface area contributed by atoms with Gasteiger partial charge in [0.2, 0.25) is 5.91 Å². The van der Waals surface area contributed by atoms with Gasteiger partial charge in [-0.25, -0.2) is 17.6 Å². The smallest absolute Gasteiger partial charge is 0.410 e. The maximum atomic E-state index is 15.2. The van der Waals surface area contributed by atoms with Crippen LogP contribution in [0.5, 0.6) is 0 Å². The second-order valence-electron chi connectivity index (χ2n) is 10.3. The summed E-state index contributed by atoms with van der Waals surface area (Å²) in [7, 11) is -4.06. The lowest BCUT2D eigenvalue weighted by Gasteiger charge is -2.50. The number of carbonyl (C=O) groups is 2. The van der Waals surface area contributed by atoms with Gasteiger partial charge >= 0.3 is 6.09 Å². The Morgan fingerprint density at radius 3 is 2.62 bits per heavy atom. The predicted molar refractivity (Wildman–Crippen MR) is 145 cm³/mol. The second kappa shape index (κ2) is 10.6. The summed E-state index contributed by atoms with van der Waals surface area (Å²) in [4.78, 5) is 34.3. The highest BCUT2D eigenvalue weighted by atomic mass is 79.9. The van der Waals surface area contributed by atoms with Crippen molar-refractivity contribution in [2.24, 2.45) is 0 Å². The molecule has 40 heavy (non-hydrogen) atoms. The first-order valence-corrected chi connectivity index (χ1v) is 15.4. The van der Waals surface area contributed by atoms with Crippen LogP contribution in [-0.4, -0.2) is 78.4 Å². The first kappa shape index (κ1) is 28.7. The van der Waals surface area contributed by atoms with Crippen LogP contribution in [0.1, 0.15) is 31.9 Å². The third-order valence-electron chi connectivity index (χ3n) is 7.71. The van der Waals surface area contributed by atoms with Gasteiger partial charge in [0.15, 0.2) is 16.1 Å². The number of nitrogens with one attached hydrogen (secondary N) is 1. The van der Waals surface area contributed by atoms with Crippen molar-refractivity contribution in [3.8, 4) is 6.07 Å². The fraction of sp³-hybridized carbons (Fsp3) is 0.462. The minimum absolute atomic E-state index is 0.0300. The van der Waals surface area contributed by atoms with E-state index in [0.29, 0.717) is 23.9 Å². The molecule has 3 heterocycles. The molecule has 0 unspecified atom stereocenters. The Morgan fingerprint density at radius 2 is 2.02 bits per heavy atom. The van der Waals surface area contributed by atoms with Gasteiger partial charge < -0.3 is 19.9 Å². The van der Waals surface area contributed by atoms with Crippen LogP contribution < -0.4 is 5.32 Å². The van der Waals surface area contributed by atoms with Gasteiger partial charge in [-0.2, -0.15) is 5.26 Å². The van der Waals surface area contributed by atoms with Gasteiger partial charge in [0.05, 0.1) is 26.9 Å². The van der Waals surface area contributed by atoms with Crippen LogP contribution in [0.3, 0.4) is 0 Å². The fourth-order valence-corrected chi connectivity index (χ4v) is 7.78. The average Bonchev–Trinajstić information content (AvgIpc) is 3.53. The predicted octanol–water partition coefficient (Wildman–Crippen LogP) is 3.39. The molecule has 14 heteroatoms. The standard InChI is InChI=1S/C26H26BrClFN5O5S/c1-2-33-14-26(15-33,22-19(29)9-16(27)11-31-22)23(35)34-12-17(40(37,38)20-6-4-3-5-18(20)28)10-21(34)39-24(36)32-25(13-30)7-8-25/h3-6,9,11,17,21H,2,7-8,10,12,14-15H2,1H3,(H,32,36)/t17-,21+/m1/s1. The van der Waals surface area contributed by atoms with Crippen molar-refractivity contribution in [2.75, 3.05) is 26.2 Å². The van der Waals surface area contributed by atoms with Crippen molar-refractivity contribution in [3.05, 3.63) is 57.5 Å². The molecule has 0 spiro atoms. The minimum Gasteiger partial charge on any atom is -0.425 e. The van der Waals surface area contributed by atoms with Gasteiger partial charge in [-0.05, 0) is 53.5 Å². The highest BCUT2D eigenvalue weighted by molar-refractivity contribution is 9.10. The molecule has 3 aliphatic rings. The number of amides is 2. The third kappa shape index (κ3) is 5.06. The Bertz CT molecular complexity index is 1510. The van der Waals surface area contributed by atoms with E-state index >= 15 is 4.39 Å². The summed E-state index contributed by atoms with van der Waals surface area (Å²) in [5.41, 5.74) is -2.51. The molecule has 2 amide bonds. The van der Waals surface area contributed by atoms with E-state index in [1.807, 2.05) is 17.9 Å². The first-order chi connectivity index (χ1) is 18.9. The number of halogens is 3. The summed E-state index contributed by atoms with van der Waals surface area (Å²) < 4.78 is 48.4. The number of nitriles is 1. The molecular formula is C26H26BrClFN5O5S. The monoisotopic (exact) mass is 653 g/mol. The summed E-state index contributed by atoms with van der Waals surface area (Å²) in [5, 5.41) is 10.7. The van der Waals surface area contributed by atoms with Crippen molar-refractivity contribution in [3.63, 3.8) is 0 Å². The van der Waals surface area contributed by atoms with Crippen molar-refractivity contribution < 1.29 is 27.1 Å². The van der Waals surface area contributed by atoms with E-state index in [2.05, 4.69) is 26.2 Å². The third-order valence-corrected chi connectivity index (χ3v) is 10.8. The number of nitrogens with zero attached hydrogens (tertiary/aromatic N) is 4. The van der Waals surface area contributed by atoms with Crippen molar-refractivity contribution in [1.29, 1.82) is 5.26 Å². The van der Waals surface area contributed by atoms with Gasteiger partial charge in [0.1, 0.15) is 16.8 Å². The summed E-state index contributed by atoms with van der Waals surface area (Å²) in [5.74, 6) is -1.28. The summed E-state index contributed by atoms with van der Waals surface area (Å²) in [6.45, 7) is 2.52. The molecule has 1 aromatic heterocycles. The number of carbonyl (C=O) groups excluding carboxylic acids is 2. The fourth-order valence-electron chi connectivity index (χ4n) is 5.28. The van der Waals surface area contributed by atoms with E-state index in [4.69, 9.17) is 16.3 Å². The molecule has 212 valence electrons. The number of hydrogen-bond acceptors (Lipinski definition) is 8. The number of likely N-dealkylation sites (tertiary alicyclic amines) is 2. The van der Waals surface area contributed by atoms with Crippen LogP contribution in [-0.2, 0) is 24.8 Å². The van der Waals surface area contributed by atoms with E-state index in [1.54, 1.807) is 12.1 Å². The van der Waals surface area contributed by atoms with Crippen LogP contribution in [0.2, 0.25) is 5.02 Å². The number of aromatic nitrogens is 1. The Kier molecular flexibility index (Phi) is 7.58. The Balaban J connectivity index is 1.49. The van der Waals surface area contributed by atoms with Crippen molar-refractivity contribution in [2.45, 2.75) is 53.5 Å². The normalized spacial score (nSPS) is 23.1. The second-order valence-corrected chi connectivity index (χ2v) is 13.9. The molecule has 1 saturated carbocycles. The van der Waals surface area contributed by atoms with Crippen LogP contribution in [0.15, 0.2) is 45.9 Å². The zero-order valence-electron chi connectivity index (χ0n) is 21.4. The van der Waals surface area contributed by atoms with Crippen LogP contribution >= 0.6 is 27.5 Å². The topological polar surface area (TPSA) is 133 Å². The Morgan fingerprint density at radius 1 is 1.32 bits per heavy atom. The summed E-state index contributed by atoms with van der Waals surface area (Å²) in [6.07, 6.45) is -0.135. The lowest BCUT2D eigenvalue weighted by Crippen LogP contribution is -2.67. The minimum atomic E-state index is -4.06. The van der Waals surface area contributed by atoms with Crippen LogP contribution in [0.25, 0.3) is 0 Å². The molecule has 2 saturated heterocycles. The van der Waals surface area contributed by atoms with Gasteiger partial charge in [-0.3, -0.25) is 9.78 Å². The number of hydrogen-bond donors (Lipinski definition) is 1. The number of alkyl carbamates (subject to hydrolysis) is 1. The molecule has 2 atom stereocenters. The molecule has 0 radical (unpaired) electrons. The molecule has 1 N–H and O–H groups in total. The van der Waals surface area contributed by atoms with Gasteiger partial charge in [-0.15, -0.1) is 0 Å². The maximum absolute atomic E-state index is 15.2. The zero-order chi connectivity index (χ0) is 28.9. The molecule has 1 aromatic carbocycles. The lowest BCUT2D eigenvalue weighted by molar-refractivity contribution is -0.152. The zero-order valence-corrected chi connectivity index (χ0v) is 24.6. The van der Waals surface area contributed by atoms with Crippen molar-refractivity contribution in [1.82, 2.24) is 20.1 Å². The maximum Gasteiger partial charge on any atom is 0.410 e. The number of sulfone groups is 1. The molecule has 2 aromatic rings. The highest BCUT2D eigenvalue weighted by Gasteiger charge is 2.58. The molecule has 1 aliphatic carbocycles. The summed E-state index contributed by atoms with van der Waals surface area (Å²) in [6, 6.07) is 9.22. The number of likely N-dealkylation sites (N-methyl/N-ethyl adjacent to an activating group) is 1. The molecule has 5 rings (SSSR count). The highest BCUT2D eigenvalue weighted by Crippen LogP contribution is 2.41. The Hall–Kier alpha value is -2.79. The van der Waals surface area contributed by atoms with Crippen molar-refractivity contribution >= 4 is 49.4 Å². The van der Waals surface area contributed by atoms with E-state index in [-0.39, 0.29) is 41.7 Å². The molecule has 2 aliphatic heterocycles. The number of ether oxygens (including phenoxy) is 1. The number of benzene rings is 1. The van der Waals surface area contributed by atoms with E-state index < -0.39 is 50.1 Å². The molecule has 3 fully saturated rings. The summed E-state index contributed by atoms with van der Waals surface area (Å²) >= 11 is 9.39. The van der Waals surface area contributed by atoms with Gasteiger partial charge in [-0.1, -0.05) is 30.7 Å². The van der Waals surface area contributed by atoms with Crippen LogP contribution in [0, 0.1) is 17.1 Å². The van der Waals surface area contributed by atoms with E-state index in [0.717, 1.165) is 0 Å². The van der Waals surface area contributed by atoms with E-state index in [9.17, 15) is 23.3 Å². The van der Waals surface area contributed by atoms with Crippen LogP contribution in [0.4, 0.5) is 9.18 Å². The first-order valence-electron chi connectivity index (χ1n) is 12.7. The molecule has 0 bridgehead atoms. The largest absolute Gasteiger partial charge is 0.425 e. The number of rotatable bonds is 7. The molecule has 10 nitrogen and oxygen atoms in total. The van der Waals surface area contributed by atoms with Gasteiger partial charge in [0, 0.05) is 36.7 Å². The van der Waals surface area contributed by atoms with E-state index in [1.165, 1.54) is 29.3 Å². The van der Waals surface area contributed by atoms with Gasteiger partial charge in [0.25, 0.3) is 0 Å². The average molecular weight is 655 g/mol. The SMILES string of the molecule is CCN1CC(C(=O)N2C[C@H](S(=O)(=O)c3ccccc3Cl)C[C@@H]2OC(=O)NC2(C#N)CC2)(c2ncc(Br)cc2F)C1. The Labute approximate surface area is 244 Å². The lowest BCUT2D eigenvalue weighted by atomic mass is 9.74.